The number of nitrogens with one attached hydrogen (secondary N) is 1. The van der Waals surface area contributed by atoms with E-state index < -0.39 is 0 Å². The minimum atomic E-state index is 0.375. The van der Waals surface area contributed by atoms with Crippen molar-refractivity contribution in [3.05, 3.63) is 59.7 Å². The summed E-state index contributed by atoms with van der Waals surface area (Å²) in [4.78, 5) is 0. The van der Waals surface area contributed by atoms with Gasteiger partial charge >= 0.3 is 0 Å². The molecule has 1 aliphatic heterocycles. The van der Waals surface area contributed by atoms with Crippen LogP contribution in [0.2, 0.25) is 0 Å². The number of hydrogen-bond acceptors (Lipinski definition) is 3. The molecule has 1 atom stereocenters. The third-order valence-electron chi connectivity index (χ3n) is 3.89. The fraction of sp³-hybridized carbons (Fsp3) is 0.333. The molecule has 0 spiro atoms. The molecule has 3 nitrogen and oxygen atoms in total. The van der Waals surface area contributed by atoms with Gasteiger partial charge in [0.25, 0.3) is 0 Å². The molecule has 0 bridgehead atoms. The zero-order valence-electron chi connectivity index (χ0n) is 12.3. The van der Waals surface area contributed by atoms with Crippen LogP contribution in [0.15, 0.2) is 48.5 Å². The summed E-state index contributed by atoms with van der Waals surface area (Å²) < 4.78 is 11.6. The zero-order chi connectivity index (χ0) is 14.5. The van der Waals surface area contributed by atoms with E-state index in [-0.39, 0.29) is 0 Å². The Hall–Kier alpha value is -2.00. The molecule has 0 aliphatic carbocycles. The summed E-state index contributed by atoms with van der Waals surface area (Å²) in [6, 6.07) is 16.7. The average Bonchev–Trinajstić information content (AvgIpc) is 3.07. The molecule has 0 aromatic heterocycles. The molecule has 0 saturated carbocycles. The van der Waals surface area contributed by atoms with E-state index in [0.717, 1.165) is 30.0 Å². The SMILES string of the molecule is COc1c(OCc2ccccc2)cccc1C1CCCN1. The molecular formula is C18H21NO2. The van der Waals surface area contributed by atoms with Gasteiger partial charge in [0.15, 0.2) is 11.5 Å². The van der Waals surface area contributed by atoms with Crippen molar-refractivity contribution in [1.82, 2.24) is 5.32 Å². The number of benzene rings is 2. The first-order valence-electron chi connectivity index (χ1n) is 7.45. The van der Waals surface area contributed by atoms with Crippen LogP contribution in [0.3, 0.4) is 0 Å². The molecule has 2 aromatic rings. The molecule has 0 amide bonds. The van der Waals surface area contributed by atoms with Gasteiger partial charge in [-0.1, -0.05) is 42.5 Å². The Kier molecular flexibility index (Phi) is 4.41. The molecular weight excluding hydrogens is 262 g/mol. The third kappa shape index (κ3) is 3.19. The maximum Gasteiger partial charge on any atom is 0.165 e. The summed E-state index contributed by atoms with van der Waals surface area (Å²) >= 11 is 0. The van der Waals surface area contributed by atoms with Crippen molar-refractivity contribution in [1.29, 1.82) is 0 Å². The molecule has 3 heteroatoms. The van der Waals surface area contributed by atoms with Gasteiger partial charge in [-0.2, -0.15) is 0 Å². The lowest BCUT2D eigenvalue weighted by molar-refractivity contribution is 0.282. The number of hydrogen-bond donors (Lipinski definition) is 1. The molecule has 21 heavy (non-hydrogen) atoms. The van der Waals surface area contributed by atoms with Gasteiger partial charge < -0.3 is 14.8 Å². The first kappa shape index (κ1) is 14.0. The lowest BCUT2D eigenvalue weighted by atomic mass is 10.0. The molecule has 1 aliphatic rings. The van der Waals surface area contributed by atoms with Crippen LogP contribution in [0.25, 0.3) is 0 Å². The molecule has 1 heterocycles. The standard InChI is InChI=1S/C18H21NO2/c1-20-18-15(16-10-6-12-19-16)9-5-11-17(18)21-13-14-7-3-2-4-8-14/h2-5,7-9,11,16,19H,6,10,12-13H2,1H3. The minimum Gasteiger partial charge on any atom is -0.493 e. The normalized spacial score (nSPS) is 17.7. The van der Waals surface area contributed by atoms with E-state index >= 15 is 0 Å². The molecule has 3 rings (SSSR count). The second-order valence-corrected chi connectivity index (χ2v) is 5.30. The predicted molar refractivity (Wildman–Crippen MR) is 83.7 cm³/mol. The first-order chi connectivity index (χ1) is 10.4. The highest BCUT2D eigenvalue weighted by Crippen LogP contribution is 2.37. The van der Waals surface area contributed by atoms with Crippen LogP contribution in [0.5, 0.6) is 11.5 Å². The summed E-state index contributed by atoms with van der Waals surface area (Å²) in [6.07, 6.45) is 2.36. The molecule has 0 radical (unpaired) electrons. The third-order valence-corrected chi connectivity index (χ3v) is 3.89. The minimum absolute atomic E-state index is 0.375. The topological polar surface area (TPSA) is 30.5 Å². The van der Waals surface area contributed by atoms with Crippen LogP contribution >= 0.6 is 0 Å². The molecule has 1 N–H and O–H groups in total. The van der Waals surface area contributed by atoms with E-state index in [9.17, 15) is 0 Å². The van der Waals surface area contributed by atoms with Crippen LogP contribution < -0.4 is 14.8 Å². The van der Waals surface area contributed by atoms with Crippen molar-refractivity contribution in [3.63, 3.8) is 0 Å². The van der Waals surface area contributed by atoms with Crippen LogP contribution in [-0.4, -0.2) is 13.7 Å². The second kappa shape index (κ2) is 6.64. The first-order valence-corrected chi connectivity index (χ1v) is 7.45. The number of ether oxygens (including phenoxy) is 2. The predicted octanol–water partition coefficient (Wildman–Crippen LogP) is 3.70. The van der Waals surface area contributed by atoms with Gasteiger partial charge in [-0.3, -0.25) is 0 Å². The lowest BCUT2D eigenvalue weighted by Crippen LogP contribution is -2.14. The van der Waals surface area contributed by atoms with Crippen LogP contribution in [0, 0.1) is 0 Å². The summed E-state index contributed by atoms with van der Waals surface area (Å²) in [7, 11) is 1.71. The van der Waals surface area contributed by atoms with Crippen molar-refractivity contribution >= 4 is 0 Å². The zero-order valence-corrected chi connectivity index (χ0v) is 12.3. The maximum atomic E-state index is 5.96. The summed E-state index contributed by atoms with van der Waals surface area (Å²) in [6.45, 7) is 1.63. The monoisotopic (exact) mass is 283 g/mol. The smallest absolute Gasteiger partial charge is 0.165 e. The Morgan fingerprint density at radius 1 is 1.10 bits per heavy atom. The quantitative estimate of drug-likeness (QED) is 0.907. The van der Waals surface area contributed by atoms with Gasteiger partial charge in [-0.25, -0.2) is 0 Å². The fourth-order valence-electron chi connectivity index (χ4n) is 2.82. The Morgan fingerprint density at radius 2 is 1.95 bits per heavy atom. The van der Waals surface area contributed by atoms with Gasteiger partial charge in [-0.05, 0) is 31.0 Å². The van der Waals surface area contributed by atoms with E-state index in [0.29, 0.717) is 12.6 Å². The maximum absolute atomic E-state index is 5.96. The fourth-order valence-corrected chi connectivity index (χ4v) is 2.82. The van der Waals surface area contributed by atoms with Gasteiger partial charge in [0.2, 0.25) is 0 Å². The summed E-state index contributed by atoms with van der Waals surface area (Å²) in [5, 5.41) is 3.51. The molecule has 1 unspecified atom stereocenters. The van der Waals surface area contributed by atoms with E-state index in [4.69, 9.17) is 9.47 Å². The Bertz CT molecular complexity index is 577. The number of rotatable bonds is 5. The average molecular weight is 283 g/mol. The highest BCUT2D eigenvalue weighted by atomic mass is 16.5. The Labute approximate surface area is 125 Å². The Balaban J connectivity index is 1.79. The Morgan fingerprint density at radius 3 is 2.67 bits per heavy atom. The number of para-hydroxylation sites is 1. The van der Waals surface area contributed by atoms with E-state index in [2.05, 4.69) is 23.5 Å². The van der Waals surface area contributed by atoms with Gasteiger partial charge in [0, 0.05) is 11.6 Å². The van der Waals surface area contributed by atoms with Gasteiger partial charge in [-0.15, -0.1) is 0 Å². The van der Waals surface area contributed by atoms with Crippen molar-refractivity contribution in [2.45, 2.75) is 25.5 Å². The van der Waals surface area contributed by atoms with Gasteiger partial charge in [0.1, 0.15) is 6.61 Å². The molecule has 1 saturated heterocycles. The second-order valence-electron chi connectivity index (χ2n) is 5.30. The number of methoxy groups -OCH3 is 1. The molecule has 2 aromatic carbocycles. The van der Waals surface area contributed by atoms with Crippen LogP contribution in [0.1, 0.15) is 30.0 Å². The van der Waals surface area contributed by atoms with Crippen LogP contribution in [-0.2, 0) is 6.61 Å². The summed E-state index contributed by atoms with van der Waals surface area (Å²) in [5.74, 6) is 1.67. The van der Waals surface area contributed by atoms with Crippen molar-refractivity contribution < 1.29 is 9.47 Å². The van der Waals surface area contributed by atoms with Gasteiger partial charge in [0.05, 0.1) is 7.11 Å². The molecule has 110 valence electrons. The largest absolute Gasteiger partial charge is 0.493 e. The summed E-state index contributed by atoms with van der Waals surface area (Å²) in [5.41, 5.74) is 2.35. The highest BCUT2D eigenvalue weighted by Gasteiger charge is 2.22. The van der Waals surface area contributed by atoms with Crippen molar-refractivity contribution in [3.8, 4) is 11.5 Å². The molecule has 1 fully saturated rings. The lowest BCUT2D eigenvalue weighted by Gasteiger charge is -2.18. The van der Waals surface area contributed by atoms with E-state index in [1.54, 1.807) is 7.11 Å². The van der Waals surface area contributed by atoms with Crippen molar-refractivity contribution in [2.75, 3.05) is 13.7 Å². The van der Waals surface area contributed by atoms with Crippen molar-refractivity contribution in [2.24, 2.45) is 0 Å². The van der Waals surface area contributed by atoms with E-state index in [1.165, 1.54) is 12.0 Å². The van der Waals surface area contributed by atoms with Crippen LogP contribution in [0.4, 0.5) is 0 Å². The van der Waals surface area contributed by atoms with E-state index in [1.807, 2.05) is 30.3 Å². The highest BCUT2D eigenvalue weighted by molar-refractivity contribution is 5.48.